The number of fused-ring (bicyclic) bond motifs is 6. The third-order valence-corrected chi connectivity index (χ3v) is 11.7. The lowest BCUT2D eigenvalue weighted by Crippen LogP contribution is -2.62. The predicted octanol–water partition coefficient (Wildman–Crippen LogP) is 5.42. The smallest absolute Gasteiger partial charge is 0.331 e. The number of carbonyl (C=O) groups is 4. The minimum absolute atomic E-state index is 0.0116. The number of esters is 4. The molecule has 4 rings (SSSR count). The quantitative estimate of drug-likeness (QED) is 0.0924. The normalized spacial score (nSPS) is 36.0. The Morgan fingerprint density at radius 3 is 2.37 bits per heavy atom. The molecule has 3 fully saturated rings. The molecule has 0 amide bonds. The van der Waals surface area contributed by atoms with Gasteiger partial charge >= 0.3 is 23.9 Å². The van der Waals surface area contributed by atoms with Crippen LogP contribution in [0.2, 0.25) is 0 Å². The van der Waals surface area contributed by atoms with Crippen molar-refractivity contribution in [2.45, 2.75) is 180 Å². The molecule has 11 atom stereocenters. The fourth-order valence-electron chi connectivity index (χ4n) is 8.27. The van der Waals surface area contributed by atoms with E-state index in [9.17, 15) is 34.5 Å². The third kappa shape index (κ3) is 13.2. The second-order valence-electron chi connectivity index (χ2n) is 17.6. The fraction of sp³-hybridized carbons (Fsp3) is 0.689. The van der Waals surface area contributed by atoms with Crippen LogP contribution >= 0.6 is 0 Å². The monoisotopic (exact) mass is 830 g/mol. The molecule has 6 bridgehead atoms. The van der Waals surface area contributed by atoms with Gasteiger partial charge in [0.1, 0.15) is 18.3 Å². The van der Waals surface area contributed by atoms with E-state index in [4.69, 9.17) is 33.2 Å². The van der Waals surface area contributed by atoms with Crippen LogP contribution in [0.5, 0.6) is 0 Å². The summed E-state index contributed by atoms with van der Waals surface area (Å²) in [5.41, 5.74) is -0.746. The zero-order valence-corrected chi connectivity index (χ0v) is 35.9. The number of hydrogen-bond acceptors (Lipinski definition) is 14. The van der Waals surface area contributed by atoms with E-state index in [0.717, 1.165) is 18.4 Å². The van der Waals surface area contributed by atoms with Crippen LogP contribution in [0.1, 0.15) is 113 Å². The minimum Gasteiger partial charge on any atom is -0.466 e. The second-order valence-corrected chi connectivity index (χ2v) is 17.6. The first kappa shape index (κ1) is 48.0. The number of unbranched alkanes of at least 4 members (excludes halogenated alkanes) is 1. The summed E-state index contributed by atoms with van der Waals surface area (Å²) in [4.78, 5) is 51.7. The summed E-state index contributed by atoms with van der Waals surface area (Å²) in [6, 6.07) is 0. The van der Waals surface area contributed by atoms with Gasteiger partial charge in [-0.25, -0.2) is 9.59 Å². The molecule has 0 aliphatic carbocycles. The highest BCUT2D eigenvalue weighted by Gasteiger charge is 2.58. The van der Waals surface area contributed by atoms with Crippen molar-refractivity contribution >= 4 is 23.9 Å². The van der Waals surface area contributed by atoms with Gasteiger partial charge in [0, 0.05) is 50.2 Å². The Bertz CT molecular complexity index is 1620. The van der Waals surface area contributed by atoms with Crippen LogP contribution in [0.4, 0.5) is 0 Å². The van der Waals surface area contributed by atoms with Crippen LogP contribution in [0.25, 0.3) is 0 Å². The first-order valence-corrected chi connectivity index (χ1v) is 20.8. The number of aliphatic hydroxyl groups excluding tert-OH is 2. The Kier molecular flexibility index (Phi) is 16.9. The summed E-state index contributed by atoms with van der Waals surface area (Å²) < 4.78 is 42.2. The van der Waals surface area contributed by atoms with E-state index in [1.807, 2.05) is 39.0 Å². The van der Waals surface area contributed by atoms with E-state index >= 15 is 0 Å². The average molecular weight is 831 g/mol. The van der Waals surface area contributed by atoms with E-state index in [-0.39, 0.29) is 32.1 Å². The summed E-state index contributed by atoms with van der Waals surface area (Å²) in [6.45, 7) is 16.4. The van der Waals surface area contributed by atoms with Crippen LogP contribution in [-0.2, 0) is 52.3 Å². The zero-order valence-electron chi connectivity index (χ0n) is 35.9. The first-order chi connectivity index (χ1) is 27.7. The third-order valence-electron chi connectivity index (χ3n) is 11.7. The molecule has 1 unspecified atom stereocenters. The van der Waals surface area contributed by atoms with Crippen molar-refractivity contribution < 1.29 is 67.7 Å². The molecule has 0 saturated carbocycles. The second kappa shape index (κ2) is 20.7. The summed E-state index contributed by atoms with van der Waals surface area (Å²) in [5, 5.41) is 34.4. The van der Waals surface area contributed by atoms with E-state index < -0.39 is 108 Å². The lowest BCUT2D eigenvalue weighted by atomic mass is 9.70. The minimum atomic E-state index is -1.89. The zero-order chi connectivity index (χ0) is 43.7. The highest BCUT2D eigenvalue weighted by molar-refractivity contribution is 5.84. The molecule has 4 aliphatic rings. The van der Waals surface area contributed by atoms with Gasteiger partial charge in [0.15, 0.2) is 11.9 Å². The van der Waals surface area contributed by atoms with Gasteiger partial charge < -0.3 is 48.5 Å². The topological polar surface area (TPSA) is 194 Å². The summed E-state index contributed by atoms with van der Waals surface area (Å²) >= 11 is 0. The van der Waals surface area contributed by atoms with Gasteiger partial charge in [-0.2, -0.15) is 0 Å². The van der Waals surface area contributed by atoms with Gasteiger partial charge in [-0.3, -0.25) is 9.59 Å². The maximum Gasteiger partial charge on any atom is 0.331 e. The number of ether oxygens (including phenoxy) is 7. The lowest BCUT2D eigenvalue weighted by Gasteiger charge is -2.53. The van der Waals surface area contributed by atoms with Crippen molar-refractivity contribution in [3.8, 4) is 0 Å². The standard InChI is InChI=1S/C45H66O14/c1-10-11-12-13-14-15-38(49)58-41-30(21-39(50)53-9)20-33-24-36(28(3)46)57-40(51)23-31(48)22-34-25-37(54-29(4)47)44(7,8)45(52,59-34)26-35-19-27(2)18-32(55-35)16-17-43(5,6)42(41)56-33/h12-17,21,28,31-37,41-42,46,48,52H,2,10-11,18-20,22-26H2,1,3-9H3/b13-12+,15-14+,17-16+,30-21+/t28-,31-,32+,33+,34-,35+,36-,37+,41+,42?,45+/m1/s1. The van der Waals surface area contributed by atoms with Gasteiger partial charge in [-0.15, -0.1) is 0 Å². The highest BCUT2D eigenvalue weighted by atomic mass is 16.6. The number of allylic oxidation sites excluding steroid dienone is 3. The summed E-state index contributed by atoms with van der Waals surface area (Å²) in [7, 11) is 1.24. The largest absolute Gasteiger partial charge is 0.466 e. The molecule has 14 nitrogen and oxygen atoms in total. The molecule has 0 radical (unpaired) electrons. The van der Waals surface area contributed by atoms with Gasteiger partial charge in [0.2, 0.25) is 0 Å². The Balaban J connectivity index is 1.78. The Morgan fingerprint density at radius 1 is 0.983 bits per heavy atom. The molecular formula is C45H66O14. The Morgan fingerprint density at radius 2 is 1.71 bits per heavy atom. The van der Waals surface area contributed by atoms with Gasteiger partial charge in [-0.05, 0) is 38.2 Å². The predicted molar refractivity (Wildman–Crippen MR) is 216 cm³/mol. The maximum absolute atomic E-state index is 13.4. The molecular weight excluding hydrogens is 764 g/mol. The van der Waals surface area contributed by atoms with Crippen molar-refractivity contribution in [1.82, 2.24) is 0 Å². The van der Waals surface area contributed by atoms with Crippen LogP contribution in [-0.4, -0.2) is 113 Å². The number of methoxy groups -OCH3 is 1. The van der Waals surface area contributed by atoms with Crippen LogP contribution in [0.3, 0.4) is 0 Å². The average Bonchev–Trinajstić information content (AvgIpc) is 3.12. The SMILES string of the molecule is C=C1C[C@H]2C[C@]3(O)O[C@H](C[C@@H](O)CC(=O)O[C@@H]([C@@H](C)O)C[C@@H]4C/C(=C\C(=O)OC)[C@H](OC(=O)/C=C/C=C/CCC)C(O4)C(C)(C)/C=C/[C@@H](C1)O2)C[C@H](OC(C)=O)C3(C)C. The van der Waals surface area contributed by atoms with E-state index in [1.165, 1.54) is 33.1 Å². The van der Waals surface area contributed by atoms with Gasteiger partial charge in [0.05, 0.1) is 55.6 Å². The molecule has 4 aliphatic heterocycles. The van der Waals surface area contributed by atoms with Crippen molar-refractivity contribution in [3.05, 3.63) is 60.3 Å². The molecule has 0 spiro atoms. The molecule has 59 heavy (non-hydrogen) atoms. The molecule has 4 heterocycles. The van der Waals surface area contributed by atoms with E-state index in [0.29, 0.717) is 18.4 Å². The van der Waals surface area contributed by atoms with E-state index in [1.54, 1.807) is 26.0 Å². The Hall–Kier alpha value is -3.66. The van der Waals surface area contributed by atoms with E-state index in [2.05, 4.69) is 6.58 Å². The van der Waals surface area contributed by atoms with Gasteiger partial charge in [0.25, 0.3) is 0 Å². The molecule has 0 aromatic carbocycles. The lowest BCUT2D eigenvalue weighted by molar-refractivity contribution is -0.348. The molecule has 0 aromatic rings. The number of cyclic esters (lactones) is 1. The number of carbonyl (C=O) groups excluding carboxylic acids is 4. The molecule has 330 valence electrons. The molecule has 14 heteroatoms. The van der Waals surface area contributed by atoms with Crippen molar-refractivity contribution in [2.75, 3.05) is 7.11 Å². The van der Waals surface area contributed by atoms with Crippen molar-refractivity contribution in [1.29, 1.82) is 0 Å². The van der Waals surface area contributed by atoms with Gasteiger partial charge in [-0.1, -0.05) is 83.6 Å². The van der Waals surface area contributed by atoms with Crippen molar-refractivity contribution in [3.63, 3.8) is 0 Å². The summed E-state index contributed by atoms with van der Waals surface area (Å²) in [5.74, 6) is -4.55. The number of rotatable bonds is 8. The molecule has 3 saturated heterocycles. The summed E-state index contributed by atoms with van der Waals surface area (Å²) in [6.07, 6.45) is 5.03. The molecule has 3 N–H and O–H groups in total. The van der Waals surface area contributed by atoms with Crippen LogP contribution in [0.15, 0.2) is 60.3 Å². The fourth-order valence-corrected chi connectivity index (χ4v) is 8.27. The Labute approximate surface area is 348 Å². The number of aliphatic hydroxyl groups is 3. The molecule has 0 aromatic heterocycles. The maximum atomic E-state index is 13.4. The van der Waals surface area contributed by atoms with Crippen LogP contribution < -0.4 is 0 Å². The van der Waals surface area contributed by atoms with Crippen molar-refractivity contribution in [2.24, 2.45) is 10.8 Å². The first-order valence-electron chi connectivity index (χ1n) is 20.8. The van der Waals surface area contributed by atoms with Crippen LogP contribution in [0, 0.1) is 10.8 Å². The highest BCUT2D eigenvalue weighted by Crippen LogP contribution is 2.49. The number of hydrogen-bond donors (Lipinski definition) is 3.